The van der Waals surface area contributed by atoms with Gasteiger partial charge in [-0.2, -0.15) is 0 Å². The molecule has 23 heavy (non-hydrogen) atoms. The molecule has 1 aromatic heterocycles. The lowest BCUT2D eigenvalue weighted by atomic mass is 9.97. The lowest BCUT2D eigenvalue weighted by Gasteiger charge is -2.40. The third-order valence-electron chi connectivity index (χ3n) is 5.25. The summed E-state index contributed by atoms with van der Waals surface area (Å²) in [5.74, 6) is 0. The Hall–Kier alpha value is -1.36. The zero-order valence-corrected chi connectivity index (χ0v) is 14.2. The summed E-state index contributed by atoms with van der Waals surface area (Å²) in [5.41, 5.74) is 2.00. The van der Waals surface area contributed by atoms with E-state index in [1.54, 1.807) is 0 Å². The first-order valence-electron chi connectivity index (χ1n) is 8.71. The standard InChI is InChI=1S/C19H28N2O2/c1-14-6-5-7-15(2)21(14)12-17(23)11-20-10-16(13-22)18-8-3-4-9-19(18)20/h3-4,8-10,14-15,17,22-23H,5-7,11-13H2,1-2H3/t14-,15-,17+/m0/s1. The molecule has 3 rings (SSSR count). The number of benzene rings is 1. The van der Waals surface area contributed by atoms with Crippen molar-refractivity contribution in [1.29, 1.82) is 0 Å². The Labute approximate surface area is 138 Å². The molecule has 3 atom stereocenters. The van der Waals surface area contributed by atoms with E-state index in [9.17, 15) is 10.2 Å². The molecule has 1 aromatic carbocycles. The Morgan fingerprint density at radius 3 is 2.52 bits per heavy atom. The van der Waals surface area contributed by atoms with Crippen LogP contribution in [0.3, 0.4) is 0 Å². The van der Waals surface area contributed by atoms with E-state index in [0.717, 1.165) is 16.5 Å². The van der Waals surface area contributed by atoms with Crippen molar-refractivity contribution in [2.24, 2.45) is 0 Å². The van der Waals surface area contributed by atoms with E-state index in [1.807, 2.05) is 30.5 Å². The Bertz CT molecular complexity index is 642. The van der Waals surface area contributed by atoms with Gasteiger partial charge in [0.1, 0.15) is 0 Å². The molecular formula is C19H28N2O2. The molecule has 4 heteroatoms. The van der Waals surface area contributed by atoms with Gasteiger partial charge in [-0.05, 0) is 32.8 Å². The van der Waals surface area contributed by atoms with Gasteiger partial charge in [-0.1, -0.05) is 24.6 Å². The number of piperidine rings is 1. The van der Waals surface area contributed by atoms with Crippen molar-refractivity contribution in [1.82, 2.24) is 9.47 Å². The highest BCUT2D eigenvalue weighted by atomic mass is 16.3. The van der Waals surface area contributed by atoms with E-state index in [4.69, 9.17) is 0 Å². The van der Waals surface area contributed by atoms with Crippen LogP contribution in [0.5, 0.6) is 0 Å². The second-order valence-electron chi connectivity index (χ2n) is 6.96. The molecule has 0 saturated carbocycles. The van der Waals surface area contributed by atoms with Crippen molar-refractivity contribution in [3.05, 3.63) is 36.0 Å². The Balaban J connectivity index is 1.74. The number of aliphatic hydroxyl groups excluding tert-OH is 2. The first kappa shape index (κ1) is 16.5. The molecule has 1 aliphatic rings. The number of likely N-dealkylation sites (tertiary alicyclic amines) is 1. The Kier molecular flexibility index (Phi) is 5.05. The van der Waals surface area contributed by atoms with Crippen LogP contribution >= 0.6 is 0 Å². The maximum Gasteiger partial charge on any atom is 0.0845 e. The number of hydrogen-bond donors (Lipinski definition) is 2. The van der Waals surface area contributed by atoms with Gasteiger partial charge in [0.15, 0.2) is 0 Å². The molecule has 0 spiro atoms. The van der Waals surface area contributed by atoms with Gasteiger partial charge in [-0.3, -0.25) is 4.90 Å². The number of aliphatic hydroxyl groups is 2. The highest BCUT2D eigenvalue weighted by molar-refractivity contribution is 5.83. The maximum atomic E-state index is 10.6. The van der Waals surface area contributed by atoms with Gasteiger partial charge in [-0.15, -0.1) is 0 Å². The van der Waals surface area contributed by atoms with Crippen LogP contribution < -0.4 is 0 Å². The summed E-state index contributed by atoms with van der Waals surface area (Å²) in [6.07, 6.45) is 5.30. The molecule has 0 bridgehead atoms. The predicted octanol–water partition coefficient (Wildman–Crippen LogP) is 2.76. The predicted molar refractivity (Wildman–Crippen MR) is 93.3 cm³/mol. The van der Waals surface area contributed by atoms with E-state index < -0.39 is 6.10 Å². The number of β-amino-alcohol motifs (C(OH)–C–C–N with tert-alkyl or cyclic N) is 1. The van der Waals surface area contributed by atoms with Crippen molar-refractivity contribution in [3.8, 4) is 0 Å². The summed E-state index contributed by atoms with van der Waals surface area (Å²) >= 11 is 0. The van der Waals surface area contributed by atoms with Gasteiger partial charge >= 0.3 is 0 Å². The van der Waals surface area contributed by atoms with E-state index >= 15 is 0 Å². The minimum atomic E-state index is -0.402. The fraction of sp³-hybridized carbons (Fsp3) is 0.579. The third kappa shape index (κ3) is 3.44. The highest BCUT2D eigenvalue weighted by Crippen LogP contribution is 2.24. The molecule has 0 radical (unpaired) electrons. The van der Waals surface area contributed by atoms with Crippen LogP contribution in [0.4, 0.5) is 0 Å². The number of nitrogens with zero attached hydrogens (tertiary/aromatic N) is 2. The molecule has 4 nitrogen and oxygen atoms in total. The van der Waals surface area contributed by atoms with E-state index in [0.29, 0.717) is 25.2 Å². The number of hydrogen-bond acceptors (Lipinski definition) is 3. The van der Waals surface area contributed by atoms with Crippen molar-refractivity contribution < 1.29 is 10.2 Å². The summed E-state index contributed by atoms with van der Waals surface area (Å²) in [5, 5.41) is 21.2. The first-order chi connectivity index (χ1) is 11.1. The smallest absolute Gasteiger partial charge is 0.0845 e. The zero-order valence-electron chi connectivity index (χ0n) is 14.2. The lowest BCUT2D eigenvalue weighted by molar-refractivity contribution is 0.0352. The molecule has 2 N–H and O–H groups in total. The quantitative estimate of drug-likeness (QED) is 0.892. The molecule has 0 unspecified atom stereocenters. The fourth-order valence-electron chi connectivity index (χ4n) is 3.96. The normalized spacial score (nSPS) is 24.2. The SMILES string of the molecule is C[C@H]1CCC[C@H](C)N1C[C@H](O)Cn1cc(CO)c2ccccc21. The first-order valence-corrected chi connectivity index (χ1v) is 8.71. The van der Waals surface area contributed by atoms with Crippen molar-refractivity contribution in [2.75, 3.05) is 6.54 Å². The van der Waals surface area contributed by atoms with E-state index in [1.165, 1.54) is 19.3 Å². The summed E-state index contributed by atoms with van der Waals surface area (Å²) in [7, 11) is 0. The summed E-state index contributed by atoms with van der Waals surface area (Å²) in [4.78, 5) is 2.44. The minimum Gasteiger partial charge on any atom is -0.392 e. The number of para-hydroxylation sites is 1. The Morgan fingerprint density at radius 2 is 1.83 bits per heavy atom. The topological polar surface area (TPSA) is 48.6 Å². The van der Waals surface area contributed by atoms with Crippen molar-refractivity contribution in [2.45, 2.75) is 64.4 Å². The van der Waals surface area contributed by atoms with Crippen LogP contribution in [0, 0.1) is 0 Å². The highest BCUT2D eigenvalue weighted by Gasteiger charge is 2.26. The number of rotatable bonds is 5. The maximum absolute atomic E-state index is 10.6. The molecule has 0 aliphatic carbocycles. The van der Waals surface area contributed by atoms with Crippen molar-refractivity contribution >= 4 is 10.9 Å². The summed E-state index contributed by atoms with van der Waals surface area (Å²) in [6.45, 7) is 5.83. The number of fused-ring (bicyclic) bond motifs is 1. The second-order valence-corrected chi connectivity index (χ2v) is 6.96. The van der Waals surface area contributed by atoms with Gasteiger partial charge in [0.05, 0.1) is 12.7 Å². The molecule has 2 aromatic rings. The summed E-state index contributed by atoms with van der Waals surface area (Å²) < 4.78 is 2.07. The molecule has 2 heterocycles. The van der Waals surface area contributed by atoms with Gasteiger partial charge in [0, 0.05) is 47.8 Å². The van der Waals surface area contributed by atoms with Crippen LogP contribution in [0.15, 0.2) is 30.5 Å². The van der Waals surface area contributed by atoms with Gasteiger partial charge in [0.2, 0.25) is 0 Å². The van der Waals surface area contributed by atoms with Gasteiger partial charge < -0.3 is 14.8 Å². The van der Waals surface area contributed by atoms with E-state index in [-0.39, 0.29) is 6.61 Å². The molecule has 1 aliphatic heterocycles. The fourth-order valence-corrected chi connectivity index (χ4v) is 3.96. The molecule has 1 saturated heterocycles. The molecule has 126 valence electrons. The lowest BCUT2D eigenvalue weighted by Crippen LogP contribution is -2.47. The van der Waals surface area contributed by atoms with Crippen molar-refractivity contribution in [3.63, 3.8) is 0 Å². The minimum absolute atomic E-state index is 0.0315. The van der Waals surface area contributed by atoms with Crippen LogP contribution in [-0.2, 0) is 13.2 Å². The van der Waals surface area contributed by atoms with Crippen LogP contribution in [0.2, 0.25) is 0 Å². The largest absolute Gasteiger partial charge is 0.392 e. The average molecular weight is 316 g/mol. The zero-order chi connectivity index (χ0) is 16.4. The molecule has 1 fully saturated rings. The monoisotopic (exact) mass is 316 g/mol. The van der Waals surface area contributed by atoms with Crippen LogP contribution in [-0.4, -0.2) is 44.4 Å². The number of aromatic nitrogens is 1. The summed E-state index contributed by atoms with van der Waals surface area (Å²) in [6, 6.07) is 9.15. The average Bonchev–Trinajstić information content (AvgIpc) is 2.89. The third-order valence-corrected chi connectivity index (χ3v) is 5.25. The Morgan fingerprint density at radius 1 is 1.13 bits per heavy atom. The molecule has 0 amide bonds. The van der Waals surface area contributed by atoms with Gasteiger partial charge in [-0.25, -0.2) is 0 Å². The van der Waals surface area contributed by atoms with E-state index in [2.05, 4.69) is 23.3 Å². The van der Waals surface area contributed by atoms with Gasteiger partial charge in [0.25, 0.3) is 0 Å². The molecular weight excluding hydrogens is 288 g/mol. The van der Waals surface area contributed by atoms with Crippen LogP contribution in [0.25, 0.3) is 10.9 Å². The second kappa shape index (κ2) is 7.04. The van der Waals surface area contributed by atoms with Crippen LogP contribution in [0.1, 0.15) is 38.7 Å².